The molecule has 0 saturated carbocycles. The van der Waals surface area contributed by atoms with Crippen molar-refractivity contribution in [2.24, 2.45) is 0 Å². The number of sulfonamides is 1. The molecular formula is C26H26N2O5S. The number of carbonyl (C=O) groups is 2. The minimum atomic E-state index is -3.85. The number of ketones is 1. The van der Waals surface area contributed by atoms with E-state index in [0.717, 1.165) is 17.0 Å². The van der Waals surface area contributed by atoms with Crippen molar-refractivity contribution in [3.63, 3.8) is 0 Å². The van der Waals surface area contributed by atoms with Crippen molar-refractivity contribution in [3.05, 3.63) is 95.3 Å². The highest BCUT2D eigenvalue weighted by atomic mass is 32.2. The van der Waals surface area contributed by atoms with Crippen molar-refractivity contribution in [3.8, 4) is 0 Å². The fourth-order valence-electron chi connectivity index (χ4n) is 4.25. The van der Waals surface area contributed by atoms with Crippen LogP contribution in [-0.2, 0) is 27.7 Å². The third-order valence-electron chi connectivity index (χ3n) is 6.02. The first kappa shape index (κ1) is 23.5. The lowest BCUT2D eigenvalue weighted by Gasteiger charge is -2.19. The number of allylic oxidation sites excluding steroid dienone is 1. The van der Waals surface area contributed by atoms with Crippen LogP contribution in [0.25, 0.3) is 0 Å². The van der Waals surface area contributed by atoms with E-state index >= 15 is 0 Å². The summed E-state index contributed by atoms with van der Waals surface area (Å²) in [6.07, 6.45) is 2.38. The molecule has 7 nitrogen and oxygen atoms in total. The van der Waals surface area contributed by atoms with Crippen molar-refractivity contribution < 1.29 is 22.7 Å². The van der Waals surface area contributed by atoms with Crippen LogP contribution in [0.1, 0.15) is 37.7 Å². The lowest BCUT2D eigenvalue weighted by Crippen LogP contribution is -2.29. The molecule has 1 aromatic heterocycles. The number of benzene rings is 2. The predicted molar refractivity (Wildman–Crippen MR) is 130 cm³/mol. The molecule has 4 rings (SSSR count). The quantitative estimate of drug-likeness (QED) is 0.277. The van der Waals surface area contributed by atoms with Crippen molar-refractivity contribution in [2.75, 3.05) is 17.5 Å². The third kappa shape index (κ3) is 4.28. The molecule has 0 unspecified atom stereocenters. The van der Waals surface area contributed by atoms with Gasteiger partial charge in [-0.2, -0.15) is 0 Å². The maximum Gasteiger partial charge on any atom is 0.338 e. The Morgan fingerprint density at radius 1 is 1.09 bits per heavy atom. The maximum absolute atomic E-state index is 13.3. The number of rotatable bonds is 8. The van der Waals surface area contributed by atoms with Crippen LogP contribution < -0.4 is 4.31 Å². The van der Waals surface area contributed by atoms with E-state index in [4.69, 9.17) is 4.74 Å². The number of nitrogens with zero attached hydrogens (tertiary/aromatic N) is 2. The average Bonchev–Trinajstić information content (AvgIpc) is 3.40. The second-order valence-corrected chi connectivity index (χ2v) is 10.0. The lowest BCUT2D eigenvalue weighted by molar-refractivity contribution is 0.0474. The summed E-state index contributed by atoms with van der Waals surface area (Å²) in [4.78, 5) is 25.3. The molecule has 176 valence electrons. The summed E-state index contributed by atoms with van der Waals surface area (Å²) in [5, 5.41) is 0. The molecule has 0 saturated heterocycles. The summed E-state index contributed by atoms with van der Waals surface area (Å²) in [5.74, 6) is -1.08. The number of ether oxygens (including phenoxy) is 1. The lowest BCUT2D eigenvalue weighted by atomic mass is 10.1. The van der Waals surface area contributed by atoms with Gasteiger partial charge in [-0.15, -0.1) is 6.58 Å². The number of Topliss-reactive ketones (excluding diaryl/α,β-unsaturated/α-hetero) is 1. The van der Waals surface area contributed by atoms with Crippen LogP contribution in [-0.4, -0.2) is 37.9 Å². The van der Waals surface area contributed by atoms with Crippen molar-refractivity contribution in [1.29, 1.82) is 0 Å². The van der Waals surface area contributed by atoms with Crippen molar-refractivity contribution in [1.82, 2.24) is 4.57 Å². The number of esters is 1. The fourth-order valence-corrected chi connectivity index (χ4v) is 5.80. The SMILES string of the molecule is C=CCn1c(C)cc(C(=O)COC(=O)c2cccc(S(=O)(=O)N3CCc4ccccc43)c2)c1C. The first-order chi connectivity index (χ1) is 16.2. The Labute approximate surface area is 199 Å². The molecule has 0 bridgehead atoms. The van der Waals surface area contributed by atoms with Crippen LogP contribution in [0.3, 0.4) is 0 Å². The van der Waals surface area contributed by atoms with Crippen LogP contribution in [0.4, 0.5) is 5.69 Å². The van der Waals surface area contributed by atoms with Crippen LogP contribution >= 0.6 is 0 Å². The van der Waals surface area contributed by atoms with Crippen LogP contribution in [0.15, 0.2) is 72.1 Å². The van der Waals surface area contributed by atoms with E-state index in [9.17, 15) is 18.0 Å². The first-order valence-electron chi connectivity index (χ1n) is 10.9. The molecule has 34 heavy (non-hydrogen) atoms. The summed E-state index contributed by atoms with van der Waals surface area (Å²) in [5.41, 5.74) is 3.85. The van der Waals surface area contributed by atoms with Gasteiger partial charge in [0.05, 0.1) is 16.1 Å². The monoisotopic (exact) mass is 478 g/mol. The van der Waals surface area contributed by atoms with Gasteiger partial charge < -0.3 is 9.30 Å². The zero-order valence-corrected chi connectivity index (χ0v) is 20.0. The molecule has 0 radical (unpaired) electrons. The number of aromatic nitrogens is 1. The number of carbonyl (C=O) groups excluding carboxylic acids is 2. The Balaban J connectivity index is 1.49. The largest absolute Gasteiger partial charge is 0.454 e. The molecule has 0 amide bonds. The zero-order chi connectivity index (χ0) is 24.5. The topological polar surface area (TPSA) is 85.7 Å². The second-order valence-electron chi connectivity index (χ2n) is 8.17. The second kappa shape index (κ2) is 9.30. The van der Waals surface area contributed by atoms with Crippen LogP contribution in [0.2, 0.25) is 0 Å². The Bertz CT molecular complexity index is 1390. The Morgan fingerprint density at radius 3 is 2.62 bits per heavy atom. The number of para-hydroxylation sites is 1. The molecule has 0 N–H and O–H groups in total. The molecule has 2 heterocycles. The van der Waals surface area contributed by atoms with E-state index in [-0.39, 0.29) is 16.2 Å². The van der Waals surface area contributed by atoms with E-state index in [1.807, 2.05) is 30.5 Å². The summed E-state index contributed by atoms with van der Waals surface area (Å²) >= 11 is 0. The normalized spacial score (nSPS) is 12.9. The number of fused-ring (bicyclic) bond motifs is 1. The highest BCUT2D eigenvalue weighted by molar-refractivity contribution is 7.92. The van der Waals surface area contributed by atoms with Gasteiger partial charge in [0.2, 0.25) is 5.78 Å². The summed E-state index contributed by atoms with van der Waals surface area (Å²) in [6.45, 7) is 7.93. The summed E-state index contributed by atoms with van der Waals surface area (Å²) in [6, 6.07) is 14.8. The molecule has 8 heteroatoms. The Kier molecular flexibility index (Phi) is 6.43. The molecule has 1 aliphatic heterocycles. The number of hydrogen-bond donors (Lipinski definition) is 0. The van der Waals surface area contributed by atoms with E-state index in [0.29, 0.717) is 30.8 Å². The Morgan fingerprint density at radius 2 is 1.85 bits per heavy atom. The standard InChI is InChI=1S/C26H26N2O5S/c1-4-13-27-18(2)15-23(19(27)3)25(29)17-33-26(30)21-9-7-10-22(16-21)34(31,32)28-14-12-20-8-5-6-11-24(20)28/h4-11,15-16H,1,12-14,17H2,2-3H3. The summed E-state index contributed by atoms with van der Waals surface area (Å²) < 4.78 is 35.1. The van der Waals surface area contributed by atoms with Gasteiger partial charge in [0.1, 0.15) is 0 Å². The van der Waals surface area contributed by atoms with Crippen molar-refractivity contribution in [2.45, 2.75) is 31.7 Å². The van der Waals surface area contributed by atoms with Gasteiger partial charge in [0.15, 0.2) is 6.61 Å². The number of anilines is 1. The molecule has 0 fully saturated rings. The number of aryl methyl sites for hydroxylation is 1. The first-order valence-corrected chi connectivity index (χ1v) is 12.4. The minimum absolute atomic E-state index is 0.00190. The van der Waals surface area contributed by atoms with Gasteiger partial charge in [0.25, 0.3) is 10.0 Å². The molecule has 0 spiro atoms. The van der Waals surface area contributed by atoms with E-state index in [1.165, 1.54) is 28.6 Å². The Hall–Kier alpha value is -3.65. The van der Waals surface area contributed by atoms with Crippen LogP contribution in [0, 0.1) is 13.8 Å². The van der Waals surface area contributed by atoms with Gasteiger partial charge in [-0.1, -0.05) is 30.3 Å². The molecular weight excluding hydrogens is 452 g/mol. The molecule has 3 aromatic rings. The van der Waals surface area contributed by atoms with Gasteiger partial charge in [-0.25, -0.2) is 13.2 Å². The van der Waals surface area contributed by atoms with Crippen molar-refractivity contribution >= 4 is 27.5 Å². The minimum Gasteiger partial charge on any atom is -0.454 e. The maximum atomic E-state index is 13.3. The smallest absolute Gasteiger partial charge is 0.338 e. The molecule has 1 aliphatic rings. The van der Waals surface area contributed by atoms with E-state index in [2.05, 4.69) is 6.58 Å². The average molecular weight is 479 g/mol. The highest BCUT2D eigenvalue weighted by Crippen LogP contribution is 2.32. The van der Waals surface area contributed by atoms with Gasteiger partial charge >= 0.3 is 5.97 Å². The highest BCUT2D eigenvalue weighted by Gasteiger charge is 2.31. The third-order valence-corrected chi connectivity index (χ3v) is 7.83. The zero-order valence-electron chi connectivity index (χ0n) is 19.2. The van der Waals surface area contributed by atoms with Crippen LogP contribution in [0.5, 0.6) is 0 Å². The summed E-state index contributed by atoms with van der Waals surface area (Å²) in [7, 11) is -3.85. The molecule has 0 aliphatic carbocycles. The van der Waals surface area contributed by atoms with E-state index < -0.39 is 22.6 Å². The van der Waals surface area contributed by atoms with E-state index in [1.54, 1.807) is 24.3 Å². The predicted octanol–water partition coefficient (Wildman–Crippen LogP) is 4.08. The van der Waals surface area contributed by atoms with Gasteiger partial charge in [-0.05, 0) is 56.2 Å². The van der Waals surface area contributed by atoms with Gasteiger partial charge in [0, 0.05) is 30.0 Å². The molecule has 0 atom stereocenters. The van der Waals surface area contributed by atoms with Gasteiger partial charge in [-0.3, -0.25) is 9.10 Å². The molecule has 2 aromatic carbocycles. The number of hydrogen-bond acceptors (Lipinski definition) is 5. The fraction of sp³-hybridized carbons (Fsp3) is 0.231.